The maximum Gasteiger partial charge on any atom is 0.133 e. The first-order chi connectivity index (χ1) is 15.3. The number of fused-ring (bicyclic) bond motifs is 1. The average Bonchev–Trinajstić information content (AvgIpc) is 2.79. The van der Waals surface area contributed by atoms with Gasteiger partial charge in [-0.2, -0.15) is 0 Å². The quantitative estimate of drug-likeness (QED) is 0.189. The lowest BCUT2D eigenvalue weighted by atomic mass is 10.1. The predicted molar refractivity (Wildman–Crippen MR) is 144 cm³/mol. The molecule has 0 atom stereocenters. The lowest BCUT2D eigenvalue weighted by molar-refractivity contribution is 0.310. The first-order valence-corrected chi connectivity index (χ1v) is 13.7. The molecule has 0 bridgehead atoms. The van der Waals surface area contributed by atoms with E-state index in [1.165, 1.54) is 75.0 Å². The third-order valence-electron chi connectivity index (χ3n) is 5.56. The van der Waals surface area contributed by atoms with E-state index in [-0.39, 0.29) is 0 Å². The molecule has 1 N–H and O–H groups in total. The summed E-state index contributed by atoms with van der Waals surface area (Å²) in [5, 5.41) is 5.89. The highest BCUT2D eigenvalue weighted by molar-refractivity contribution is 8.22. The van der Waals surface area contributed by atoms with Gasteiger partial charge < -0.3 is 10.1 Å². The molecule has 0 spiro atoms. The number of rotatable bonds is 17. The molecule has 0 aliphatic rings. The standard InChI is InChI=1S/C27H41NOS2/c1-2-3-4-5-6-7-8-9-10-13-20-28-27(30)31-22-15-14-21-29-26-19-18-24-16-11-12-17-25(24)23-26/h11-12,16-19,23H,2-10,13-15,20-22H2,1H3,(H,28,30). The summed E-state index contributed by atoms with van der Waals surface area (Å²) in [6.45, 7) is 4.06. The highest BCUT2D eigenvalue weighted by Crippen LogP contribution is 2.20. The molecular weight excluding hydrogens is 418 g/mol. The smallest absolute Gasteiger partial charge is 0.133 e. The van der Waals surface area contributed by atoms with Gasteiger partial charge in [-0.1, -0.05) is 119 Å². The highest BCUT2D eigenvalue weighted by atomic mass is 32.2. The van der Waals surface area contributed by atoms with E-state index in [0.717, 1.165) is 41.8 Å². The number of ether oxygens (including phenoxy) is 1. The van der Waals surface area contributed by atoms with Gasteiger partial charge in [0.1, 0.15) is 10.1 Å². The van der Waals surface area contributed by atoms with Crippen molar-refractivity contribution in [3.05, 3.63) is 42.5 Å². The molecule has 4 heteroatoms. The molecule has 0 saturated carbocycles. The molecule has 0 fully saturated rings. The maximum atomic E-state index is 5.91. The van der Waals surface area contributed by atoms with Crippen LogP contribution in [0.5, 0.6) is 5.75 Å². The van der Waals surface area contributed by atoms with Gasteiger partial charge >= 0.3 is 0 Å². The second-order valence-corrected chi connectivity index (χ2v) is 10.1. The lowest BCUT2D eigenvalue weighted by Crippen LogP contribution is -2.19. The molecule has 0 radical (unpaired) electrons. The Balaban J connectivity index is 1.37. The Morgan fingerprint density at radius 2 is 1.48 bits per heavy atom. The second kappa shape index (κ2) is 17.3. The van der Waals surface area contributed by atoms with Crippen LogP contribution in [-0.2, 0) is 0 Å². The minimum Gasteiger partial charge on any atom is -0.494 e. The van der Waals surface area contributed by atoms with E-state index in [0.29, 0.717) is 0 Å². The van der Waals surface area contributed by atoms with Crippen LogP contribution in [0.4, 0.5) is 0 Å². The summed E-state index contributed by atoms with van der Waals surface area (Å²) in [7, 11) is 0. The Morgan fingerprint density at radius 3 is 2.23 bits per heavy atom. The predicted octanol–water partition coefficient (Wildman–Crippen LogP) is 8.53. The van der Waals surface area contributed by atoms with Crippen LogP contribution in [0.2, 0.25) is 0 Å². The molecule has 0 aliphatic heterocycles. The zero-order chi connectivity index (χ0) is 22.0. The maximum absolute atomic E-state index is 5.91. The SMILES string of the molecule is CCCCCCCCCCCCNC(=S)SCCCCOc1ccc2ccccc2c1. The molecule has 0 aliphatic carbocycles. The van der Waals surface area contributed by atoms with Crippen molar-refractivity contribution in [2.24, 2.45) is 0 Å². The summed E-state index contributed by atoms with van der Waals surface area (Å²) in [5.74, 6) is 2.02. The number of hydrogen-bond donors (Lipinski definition) is 1. The van der Waals surface area contributed by atoms with Crippen LogP contribution in [0.3, 0.4) is 0 Å². The topological polar surface area (TPSA) is 21.3 Å². The molecule has 0 unspecified atom stereocenters. The van der Waals surface area contributed by atoms with Crippen LogP contribution in [0, 0.1) is 0 Å². The lowest BCUT2D eigenvalue weighted by Gasteiger charge is -2.09. The van der Waals surface area contributed by atoms with Crippen molar-refractivity contribution in [3.8, 4) is 5.75 Å². The minimum atomic E-state index is 0.762. The van der Waals surface area contributed by atoms with E-state index in [1.807, 2.05) is 0 Å². The number of unbranched alkanes of at least 4 members (excludes halogenated alkanes) is 10. The number of benzene rings is 2. The van der Waals surface area contributed by atoms with E-state index >= 15 is 0 Å². The number of nitrogens with one attached hydrogen (secondary N) is 1. The number of thioether (sulfide) groups is 1. The van der Waals surface area contributed by atoms with Gasteiger partial charge in [0.15, 0.2) is 0 Å². The molecule has 0 heterocycles. The Morgan fingerprint density at radius 1 is 0.806 bits per heavy atom. The molecular formula is C27H41NOS2. The monoisotopic (exact) mass is 459 g/mol. The average molecular weight is 460 g/mol. The fourth-order valence-corrected chi connectivity index (χ4v) is 4.76. The van der Waals surface area contributed by atoms with Crippen molar-refractivity contribution in [3.63, 3.8) is 0 Å². The van der Waals surface area contributed by atoms with Gasteiger partial charge in [0.2, 0.25) is 0 Å². The van der Waals surface area contributed by atoms with Crippen molar-refractivity contribution in [2.75, 3.05) is 18.9 Å². The molecule has 2 nitrogen and oxygen atoms in total. The Kier molecular flexibility index (Phi) is 14.5. The molecule has 2 rings (SSSR count). The summed E-state index contributed by atoms with van der Waals surface area (Å²) in [4.78, 5) is 0. The molecule has 0 saturated heterocycles. The normalized spacial score (nSPS) is 11.0. The second-order valence-electron chi connectivity index (χ2n) is 8.31. The minimum absolute atomic E-state index is 0.762. The zero-order valence-corrected chi connectivity index (χ0v) is 21.0. The van der Waals surface area contributed by atoms with E-state index < -0.39 is 0 Å². The van der Waals surface area contributed by atoms with Crippen LogP contribution in [0.1, 0.15) is 84.0 Å². The molecule has 0 amide bonds. The van der Waals surface area contributed by atoms with Gasteiger partial charge in [0, 0.05) is 12.3 Å². The summed E-state index contributed by atoms with van der Waals surface area (Å²) in [6.07, 6.45) is 15.9. The summed E-state index contributed by atoms with van der Waals surface area (Å²) >= 11 is 7.21. The van der Waals surface area contributed by atoms with Crippen molar-refractivity contribution in [1.29, 1.82) is 0 Å². The fraction of sp³-hybridized carbons (Fsp3) is 0.593. The van der Waals surface area contributed by atoms with Gasteiger partial charge in [-0.3, -0.25) is 0 Å². The summed E-state index contributed by atoms with van der Waals surface area (Å²) in [6, 6.07) is 14.7. The largest absolute Gasteiger partial charge is 0.494 e. The molecule has 2 aromatic carbocycles. The molecule has 31 heavy (non-hydrogen) atoms. The zero-order valence-electron chi connectivity index (χ0n) is 19.4. The first kappa shape index (κ1) is 26.0. The van der Waals surface area contributed by atoms with Crippen molar-refractivity contribution in [1.82, 2.24) is 5.32 Å². The Hall–Kier alpha value is -1.26. The van der Waals surface area contributed by atoms with Crippen LogP contribution < -0.4 is 10.1 Å². The fourth-order valence-electron chi connectivity index (χ4n) is 3.67. The van der Waals surface area contributed by atoms with Crippen LogP contribution in [0.25, 0.3) is 10.8 Å². The number of hydrogen-bond acceptors (Lipinski definition) is 3. The van der Waals surface area contributed by atoms with E-state index in [4.69, 9.17) is 17.0 Å². The van der Waals surface area contributed by atoms with Crippen molar-refractivity contribution in [2.45, 2.75) is 84.0 Å². The third kappa shape index (κ3) is 12.4. The van der Waals surface area contributed by atoms with Gasteiger partial charge in [-0.05, 0) is 42.2 Å². The van der Waals surface area contributed by atoms with E-state index in [9.17, 15) is 0 Å². The van der Waals surface area contributed by atoms with Gasteiger partial charge in [-0.15, -0.1) is 0 Å². The summed E-state index contributed by atoms with van der Waals surface area (Å²) < 4.78 is 6.86. The van der Waals surface area contributed by atoms with Crippen LogP contribution in [-0.4, -0.2) is 23.2 Å². The number of thiocarbonyl (C=S) groups is 1. The van der Waals surface area contributed by atoms with E-state index in [2.05, 4.69) is 54.7 Å². The highest BCUT2D eigenvalue weighted by Gasteiger charge is 2.00. The third-order valence-corrected chi connectivity index (χ3v) is 6.96. The van der Waals surface area contributed by atoms with Crippen molar-refractivity contribution >= 4 is 39.1 Å². The Bertz CT molecular complexity index is 734. The molecule has 2 aromatic rings. The van der Waals surface area contributed by atoms with Crippen molar-refractivity contribution < 1.29 is 4.74 Å². The van der Waals surface area contributed by atoms with Gasteiger partial charge in [0.25, 0.3) is 0 Å². The van der Waals surface area contributed by atoms with Gasteiger partial charge in [-0.25, -0.2) is 0 Å². The van der Waals surface area contributed by atoms with Crippen LogP contribution >= 0.6 is 24.0 Å². The van der Waals surface area contributed by atoms with Gasteiger partial charge in [0.05, 0.1) is 6.61 Å². The molecule has 172 valence electrons. The van der Waals surface area contributed by atoms with E-state index in [1.54, 1.807) is 11.8 Å². The summed E-state index contributed by atoms with van der Waals surface area (Å²) in [5.41, 5.74) is 0. The van der Waals surface area contributed by atoms with Crippen LogP contribution in [0.15, 0.2) is 42.5 Å². The Labute approximate surface area is 199 Å². The first-order valence-electron chi connectivity index (χ1n) is 12.3. The molecule has 0 aromatic heterocycles.